The normalized spacial score (nSPS) is 11.0. The van der Waals surface area contributed by atoms with Crippen LogP contribution in [0.25, 0.3) is 0 Å². The fraction of sp³-hybridized carbons (Fsp3) is 0.615. The van der Waals surface area contributed by atoms with Crippen molar-refractivity contribution in [3.63, 3.8) is 0 Å². The molecule has 1 aromatic heterocycles. The third kappa shape index (κ3) is 4.44. The zero-order chi connectivity index (χ0) is 13.5. The number of anilines is 1. The van der Waals surface area contributed by atoms with Gasteiger partial charge in [0, 0.05) is 26.4 Å². The SMILES string of the molecule is COCCN(CC(C)C)c1ncc(CO)cc1Cl. The second-order valence-corrected chi connectivity index (χ2v) is 5.05. The van der Waals surface area contributed by atoms with E-state index in [1.807, 2.05) is 0 Å². The molecule has 0 atom stereocenters. The lowest BCUT2D eigenvalue weighted by molar-refractivity contribution is 0.204. The van der Waals surface area contributed by atoms with Gasteiger partial charge in [0.1, 0.15) is 5.82 Å². The third-order valence-corrected chi connectivity index (χ3v) is 2.79. The van der Waals surface area contributed by atoms with E-state index >= 15 is 0 Å². The fourth-order valence-corrected chi connectivity index (χ4v) is 2.02. The van der Waals surface area contributed by atoms with Crippen molar-refractivity contribution in [3.8, 4) is 0 Å². The number of rotatable bonds is 7. The lowest BCUT2D eigenvalue weighted by atomic mass is 10.2. The number of aliphatic hydroxyl groups is 1. The standard InChI is InChI=1S/C13H21ClN2O2/c1-10(2)8-16(4-5-18-3)13-12(14)6-11(9-17)7-15-13/h6-7,10,17H,4-5,8-9H2,1-3H3. The van der Waals surface area contributed by atoms with Crippen LogP contribution >= 0.6 is 11.6 Å². The van der Waals surface area contributed by atoms with E-state index in [4.69, 9.17) is 21.4 Å². The van der Waals surface area contributed by atoms with E-state index in [0.717, 1.165) is 24.5 Å². The van der Waals surface area contributed by atoms with Crippen LogP contribution in [-0.2, 0) is 11.3 Å². The van der Waals surface area contributed by atoms with Crippen molar-refractivity contribution >= 4 is 17.4 Å². The van der Waals surface area contributed by atoms with Gasteiger partial charge in [0.05, 0.1) is 18.2 Å². The monoisotopic (exact) mass is 272 g/mol. The Morgan fingerprint density at radius 3 is 2.72 bits per heavy atom. The van der Waals surface area contributed by atoms with Gasteiger partial charge in [-0.05, 0) is 17.5 Å². The van der Waals surface area contributed by atoms with Crippen molar-refractivity contribution in [2.45, 2.75) is 20.5 Å². The minimum Gasteiger partial charge on any atom is -0.392 e. The Kier molecular flexibility index (Phi) is 6.39. The topological polar surface area (TPSA) is 45.6 Å². The van der Waals surface area contributed by atoms with Crippen molar-refractivity contribution in [2.75, 3.05) is 31.7 Å². The average molecular weight is 273 g/mol. The second-order valence-electron chi connectivity index (χ2n) is 4.64. The molecular weight excluding hydrogens is 252 g/mol. The maximum atomic E-state index is 9.05. The Hall–Kier alpha value is -0.840. The molecule has 0 fully saturated rings. The molecule has 0 aliphatic heterocycles. The van der Waals surface area contributed by atoms with Crippen LogP contribution in [0, 0.1) is 5.92 Å². The number of ether oxygens (including phenoxy) is 1. The number of halogens is 1. The zero-order valence-corrected chi connectivity index (χ0v) is 11.9. The second kappa shape index (κ2) is 7.56. The largest absolute Gasteiger partial charge is 0.392 e. The van der Waals surface area contributed by atoms with E-state index in [1.54, 1.807) is 19.4 Å². The van der Waals surface area contributed by atoms with Gasteiger partial charge in [0.15, 0.2) is 0 Å². The molecule has 0 aromatic carbocycles. The summed E-state index contributed by atoms with van der Waals surface area (Å²) in [6.07, 6.45) is 1.65. The van der Waals surface area contributed by atoms with Gasteiger partial charge in [0.2, 0.25) is 0 Å². The first-order valence-electron chi connectivity index (χ1n) is 6.07. The highest BCUT2D eigenvalue weighted by atomic mass is 35.5. The van der Waals surface area contributed by atoms with E-state index in [1.165, 1.54) is 0 Å². The Labute approximate surface area is 114 Å². The van der Waals surface area contributed by atoms with E-state index in [-0.39, 0.29) is 6.61 Å². The van der Waals surface area contributed by atoms with E-state index in [0.29, 0.717) is 17.5 Å². The molecule has 0 amide bonds. The Bertz CT molecular complexity index is 372. The number of nitrogens with zero attached hydrogens (tertiary/aromatic N) is 2. The van der Waals surface area contributed by atoms with Gasteiger partial charge in [-0.1, -0.05) is 25.4 Å². The number of hydrogen-bond acceptors (Lipinski definition) is 4. The first kappa shape index (κ1) is 15.2. The minimum atomic E-state index is -0.0464. The summed E-state index contributed by atoms with van der Waals surface area (Å²) in [5.41, 5.74) is 0.722. The molecule has 18 heavy (non-hydrogen) atoms. The average Bonchev–Trinajstić information content (AvgIpc) is 2.34. The molecule has 4 nitrogen and oxygen atoms in total. The van der Waals surface area contributed by atoms with Crippen LogP contribution in [0.5, 0.6) is 0 Å². The predicted octanol–water partition coefficient (Wildman–Crippen LogP) is 2.34. The van der Waals surface area contributed by atoms with Crippen LogP contribution in [-0.4, -0.2) is 36.9 Å². The highest BCUT2D eigenvalue weighted by Crippen LogP contribution is 2.24. The van der Waals surface area contributed by atoms with Crippen molar-refractivity contribution in [1.29, 1.82) is 0 Å². The zero-order valence-electron chi connectivity index (χ0n) is 11.2. The summed E-state index contributed by atoms with van der Waals surface area (Å²) < 4.78 is 5.11. The summed E-state index contributed by atoms with van der Waals surface area (Å²) in [6, 6.07) is 1.75. The summed E-state index contributed by atoms with van der Waals surface area (Å²) in [5.74, 6) is 1.26. The highest BCUT2D eigenvalue weighted by Gasteiger charge is 2.13. The molecule has 1 rings (SSSR count). The summed E-state index contributed by atoms with van der Waals surface area (Å²) in [4.78, 5) is 6.44. The molecule has 0 saturated heterocycles. The molecule has 1 heterocycles. The van der Waals surface area contributed by atoms with Gasteiger partial charge in [-0.3, -0.25) is 0 Å². The van der Waals surface area contributed by atoms with E-state index in [2.05, 4.69) is 23.7 Å². The van der Waals surface area contributed by atoms with Crippen LogP contribution in [0.1, 0.15) is 19.4 Å². The van der Waals surface area contributed by atoms with Gasteiger partial charge >= 0.3 is 0 Å². The number of methoxy groups -OCH3 is 1. The number of pyridine rings is 1. The molecule has 0 spiro atoms. The molecule has 0 radical (unpaired) electrons. The summed E-state index contributed by atoms with van der Waals surface area (Å²) >= 11 is 6.21. The smallest absolute Gasteiger partial charge is 0.147 e. The van der Waals surface area contributed by atoms with Crippen molar-refractivity contribution < 1.29 is 9.84 Å². The Morgan fingerprint density at radius 2 is 2.22 bits per heavy atom. The molecular formula is C13H21ClN2O2. The Morgan fingerprint density at radius 1 is 1.50 bits per heavy atom. The molecule has 0 aliphatic carbocycles. The number of aromatic nitrogens is 1. The lowest BCUT2D eigenvalue weighted by Crippen LogP contribution is -2.32. The van der Waals surface area contributed by atoms with Crippen molar-refractivity contribution in [3.05, 3.63) is 22.8 Å². The Balaban J connectivity index is 2.89. The lowest BCUT2D eigenvalue weighted by Gasteiger charge is -2.26. The van der Waals surface area contributed by atoms with Gasteiger partial charge in [-0.15, -0.1) is 0 Å². The molecule has 1 aromatic rings. The number of aliphatic hydroxyl groups excluding tert-OH is 1. The molecule has 102 valence electrons. The summed E-state index contributed by atoms with van der Waals surface area (Å²) in [5, 5.41) is 9.61. The fourth-order valence-electron chi connectivity index (χ4n) is 1.72. The highest BCUT2D eigenvalue weighted by molar-refractivity contribution is 6.33. The summed E-state index contributed by atoms with van der Waals surface area (Å²) in [7, 11) is 1.68. The van der Waals surface area contributed by atoms with Crippen LogP contribution < -0.4 is 4.90 Å². The van der Waals surface area contributed by atoms with Crippen LogP contribution in [0.3, 0.4) is 0 Å². The quantitative estimate of drug-likeness (QED) is 0.828. The van der Waals surface area contributed by atoms with Crippen LogP contribution in [0.15, 0.2) is 12.3 Å². The van der Waals surface area contributed by atoms with E-state index in [9.17, 15) is 0 Å². The molecule has 0 aliphatic rings. The minimum absolute atomic E-state index is 0.0464. The predicted molar refractivity (Wildman–Crippen MR) is 74.1 cm³/mol. The first-order chi connectivity index (χ1) is 8.58. The third-order valence-electron chi connectivity index (χ3n) is 2.51. The van der Waals surface area contributed by atoms with Gasteiger partial charge in [-0.25, -0.2) is 4.98 Å². The van der Waals surface area contributed by atoms with Crippen molar-refractivity contribution in [1.82, 2.24) is 4.98 Å². The number of hydrogen-bond donors (Lipinski definition) is 1. The molecule has 0 bridgehead atoms. The molecule has 0 unspecified atom stereocenters. The van der Waals surface area contributed by atoms with E-state index < -0.39 is 0 Å². The maximum absolute atomic E-state index is 9.05. The first-order valence-corrected chi connectivity index (χ1v) is 6.45. The van der Waals surface area contributed by atoms with Crippen molar-refractivity contribution in [2.24, 2.45) is 5.92 Å². The van der Waals surface area contributed by atoms with Crippen LogP contribution in [0.2, 0.25) is 5.02 Å². The summed E-state index contributed by atoms with van der Waals surface area (Å²) in [6.45, 7) is 6.50. The maximum Gasteiger partial charge on any atom is 0.147 e. The molecule has 1 N–H and O–H groups in total. The molecule has 5 heteroatoms. The van der Waals surface area contributed by atoms with Crippen LogP contribution in [0.4, 0.5) is 5.82 Å². The van der Waals surface area contributed by atoms with Gasteiger partial charge < -0.3 is 14.7 Å². The van der Waals surface area contributed by atoms with Gasteiger partial charge in [-0.2, -0.15) is 0 Å². The van der Waals surface area contributed by atoms with Gasteiger partial charge in [0.25, 0.3) is 0 Å². The molecule has 0 saturated carbocycles.